The molecule has 0 aliphatic carbocycles. The van der Waals surface area contributed by atoms with E-state index in [1.165, 1.54) is 5.56 Å². The molecule has 7 nitrogen and oxygen atoms in total. The first-order chi connectivity index (χ1) is 13.2. The molecule has 0 amide bonds. The zero-order chi connectivity index (χ0) is 21.1. The fourth-order valence-corrected chi connectivity index (χ4v) is 2.53. The minimum atomic E-state index is -1.79. The second kappa shape index (κ2) is 12.1. The van der Waals surface area contributed by atoms with Crippen LogP contribution >= 0.6 is 11.6 Å². The summed E-state index contributed by atoms with van der Waals surface area (Å²) in [5.74, 6) is -2.52. The first kappa shape index (κ1) is 23.6. The number of carboxylic acid groups (broad SMARTS) is 2. The summed E-state index contributed by atoms with van der Waals surface area (Å²) in [6.45, 7) is 1.03. The van der Waals surface area contributed by atoms with Crippen molar-refractivity contribution in [1.29, 1.82) is 0 Å². The standard InChI is InChI=1S/C16H19ClN2.C4H6O5/c1-19(2)12-10-15(16-5-3-4-11-18-16)13-6-8-14(17)9-7-13;5-2(4(8)9)1-3(6)7/h3-9,11,15H,10,12H2,1-2H3;2,5H,1H2,(H,6,7)(H,8,9)/t15-;/m1./s1. The van der Waals surface area contributed by atoms with Gasteiger partial charge in [0.1, 0.15) is 0 Å². The lowest BCUT2D eigenvalue weighted by atomic mass is 9.92. The van der Waals surface area contributed by atoms with Crippen LogP contribution in [0.1, 0.15) is 30.0 Å². The molecule has 8 heteroatoms. The second-order valence-electron chi connectivity index (χ2n) is 6.40. The fourth-order valence-electron chi connectivity index (χ4n) is 2.40. The van der Waals surface area contributed by atoms with E-state index >= 15 is 0 Å². The molecule has 0 radical (unpaired) electrons. The summed E-state index contributed by atoms with van der Waals surface area (Å²) in [7, 11) is 4.19. The summed E-state index contributed by atoms with van der Waals surface area (Å²) in [6.07, 6.45) is 0.358. The van der Waals surface area contributed by atoms with Crippen molar-refractivity contribution in [3.05, 3.63) is 64.9 Å². The molecule has 2 rings (SSSR count). The van der Waals surface area contributed by atoms with Gasteiger partial charge in [0, 0.05) is 22.8 Å². The molecule has 0 aliphatic heterocycles. The number of aliphatic carboxylic acids is 2. The van der Waals surface area contributed by atoms with Crippen LogP contribution in [-0.2, 0) is 9.59 Å². The fraction of sp³-hybridized carbons (Fsp3) is 0.350. The third-order valence-electron chi connectivity index (χ3n) is 3.84. The molecule has 1 aromatic carbocycles. The van der Waals surface area contributed by atoms with Gasteiger partial charge in [0.15, 0.2) is 6.10 Å². The SMILES string of the molecule is CN(C)CC[C@H](c1ccc(Cl)cc1)c1ccccn1.O=C(O)CC(O)C(=O)O. The van der Waals surface area contributed by atoms with Crippen LogP contribution in [0.3, 0.4) is 0 Å². The molecule has 0 fully saturated rings. The molecule has 152 valence electrons. The number of carboxylic acids is 2. The molecule has 0 bridgehead atoms. The molecule has 2 aromatic rings. The minimum Gasteiger partial charge on any atom is -0.481 e. The molecule has 0 saturated heterocycles. The van der Waals surface area contributed by atoms with Crippen LogP contribution in [0.25, 0.3) is 0 Å². The smallest absolute Gasteiger partial charge is 0.333 e. The highest BCUT2D eigenvalue weighted by molar-refractivity contribution is 6.30. The number of rotatable bonds is 8. The van der Waals surface area contributed by atoms with Gasteiger partial charge in [0.05, 0.1) is 6.42 Å². The Morgan fingerprint density at radius 3 is 2.18 bits per heavy atom. The number of hydrogen-bond acceptors (Lipinski definition) is 5. The van der Waals surface area contributed by atoms with Crippen LogP contribution in [0.4, 0.5) is 0 Å². The Morgan fingerprint density at radius 1 is 1.11 bits per heavy atom. The van der Waals surface area contributed by atoms with Crippen molar-refractivity contribution < 1.29 is 24.9 Å². The van der Waals surface area contributed by atoms with Gasteiger partial charge in [-0.25, -0.2) is 4.79 Å². The van der Waals surface area contributed by atoms with Crippen LogP contribution in [0.2, 0.25) is 5.02 Å². The molecule has 0 spiro atoms. The van der Waals surface area contributed by atoms with Crippen LogP contribution < -0.4 is 0 Å². The van der Waals surface area contributed by atoms with E-state index in [1.807, 2.05) is 30.5 Å². The number of aliphatic hydroxyl groups excluding tert-OH is 1. The Kier molecular flexibility index (Phi) is 10.2. The number of nitrogens with zero attached hydrogens (tertiary/aromatic N) is 2. The molecule has 3 N–H and O–H groups in total. The van der Waals surface area contributed by atoms with E-state index in [0.29, 0.717) is 5.92 Å². The van der Waals surface area contributed by atoms with Gasteiger partial charge in [-0.2, -0.15) is 0 Å². The van der Waals surface area contributed by atoms with Crippen molar-refractivity contribution in [2.75, 3.05) is 20.6 Å². The van der Waals surface area contributed by atoms with Crippen molar-refractivity contribution in [1.82, 2.24) is 9.88 Å². The summed E-state index contributed by atoms with van der Waals surface area (Å²) in [5.41, 5.74) is 2.39. The molecule has 0 saturated carbocycles. The van der Waals surface area contributed by atoms with Crippen molar-refractivity contribution in [3.8, 4) is 0 Å². The Hall–Kier alpha value is -2.48. The second-order valence-corrected chi connectivity index (χ2v) is 6.84. The van der Waals surface area contributed by atoms with Gasteiger partial charge in [-0.15, -0.1) is 0 Å². The predicted molar refractivity (Wildman–Crippen MR) is 107 cm³/mol. The lowest BCUT2D eigenvalue weighted by Gasteiger charge is -2.19. The maximum Gasteiger partial charge on any atom is 0.333 e. The lowest BCUT2D eigenvalue weighted by molar-refractivity contribution is -0.152. The van der Waals surface area contributed by atoms with Crippen molar-refractivity contribution in [2.45, 2.75) is 24.9 Å². The third kappa shape index (κ3) is 8.94. The van der Waals surface area contributed by atoms with Crippen LogP contribution in [0, 0.1) is 0 Å². The topological polar surface area (TPSA) is 111 Å². The Balaban J connectivity index is 0.000000370. The average Bonchev–Trinajstić information content (AvgIpc) is 2.64. The van der Waals surface area contributed by atoms with E-state index in [0.717, 1.165) is 23.7 Å². The molecule has 28 heavy (non-hydrogen) atoms. The van der Waals surface area contributed by atoms with E-state index in [-0.39, 0.29) is 0 Å². The maximum atomic E-state index is 9.72. The molecule has 1 aromatic heterocycles. The summed E-state index contributed by atoms with van der Waals surface area (Å²) >= 11 is 5.97. The van der Waals surface area contributed by atoms with E-state index in [1.54, 1.807) is 0 Å². The van der Waals surface area contributed by atoms with Gasteiger partial charge in [0.2, 0.25) is 0 Å². The Bertz CT molecular complexity index is 738. The maximum absolute atomic E-state index is 9.72. The first-order valence-electron chi connectivity index (χ1n) is 8.64. The zero-order valence-corrected chi connectivity index (χ0v) is 16.6. The number of pyridine rings is 1. The van der Waals surface area contributed by atoms with E-state index in [9.17, 15) is 9.59 Å². The van der Waals surface area contributed by atoms with Gasteiger partial charge >= 0.3 is 11.9 Å². The monoisotopic (exact) mass is 408 g/mol. The van der Waals surface area contributed by atoms with E-state index in [2.05, 4.69) is 42.2 Å². The molecular weight excluding hydrogens is 384 g/mol. The van der Waals surface area contributed by atoms with Gasteiger partial charge in [-0.1, -0.05) is 29.8 Å². The van der Waals surface area contributed by atoms with Crippen LogP contribution in [-0.4, -0.2) is 63.9 Å². The predicted octanol–water partition coefficient (Wildman–Crippen LogP) is 2.73. The van der Waals surface area contributed by atoms with E-state index < -0.39 is 24.5 Å². The summed E-state index contributed by atoms with van der Waals surface area (Å²) in [4.78, 5) is 26.1. The highest BCUT2D eigenvalue weighted by atomic mass is 35.5. The van der Waals surface area contributed by atoms with Crippen LogP contribution in [0.5, 0.6) is 0 Å². The summed E-state index contributed by atoms with van der Waals surface area (Å²) < 4.78 is 0. The number of benzene rings is 1. The zero-order valence-electron chi connectivity index (χ0n) is 15.8. The Labute approximate surface area is 169 Å². The van der Waals surface area contributed by atoms with Crippen molar-refractivity contribution in [2.24, 2.45) is 0 Å². The molecular formula is C20H25ClN2O5. The number of aromatic nitrogens is 1. The highest BCUT2D eigenvalue weighted by Crippen LogP contribution is 2.27. The largest absolute Gasteiger partial charge is 0.481 e. The first-order valence-corrected chi connectivity index (χ1v) is 9.02. The van der Waals surface area contributed by atoms with Crippen molar-refractivity contribution >= 4 is 23.5 Å². The van der Waals surface area contributed by atoms with E-state index in [4.69, 9.17) is 26.9 Å². The highest BCUT2D eigenvalue weighted by Gasteiger charge is 2.16. The number of halogens is 1. The summed E-state index contributed by atoms with van der Waals surface area (Å²) in [5, 5.41) is 24.9. The number of aliphatic hydroxyl groups is 1. The molecule has 1 heterocycles. The van der Waals surface area contributed by atoms with Gasteiger partial charge in [-0.05, 0) is 56.9 Å². The van der Waals surface area contributed by atoms with Crippen molar-refractivity contribution in [3.63, 3.8) is 0 Å². The quantitative estimate of drug-likeness (QED) is 0.615. The molecule has 0 aliphatic rings. The lowest BCUT2D eigenvalue weighted by Crippen LogP contribution is -2.22. The average molecular weight is 409 g/mol. The third-order valence-corrected chi connectivity index (χ3v) is 4.09. The Morgan fingerprint density at radius 2 is 1.75 bits per heavy atom. The number of hydrogen-bond donors (Lipinski definition) is 3. The minimum absolute atomic E-state index is 0.320. The normalized spacial score (nSPS) is 12.6. The van der Waals surface area contributed by atoms with Gasteiger partial charge in [0.25, 0.3) is 0 Å². The summed E-state index contributed by atoms with van der Waals surface area (Å²) in [6, 6.07) is 14.2. The molecule has 2 atom stereocenters. The van der Waals surface area contributed by atoms with Gasteiger partial charge < -0.3 is 20.2 Å². The number of carbonyl (C=O) groups is 2. The van der Waals surface area contributed by atoms with Gasteiger partial charge in [-0.3, -0.25) is 9.78 Å². The van der Waals surface area contributed by atoms with Crippen LogP contribution in [0.15, 0.2) is 48.7 Å². The molecule has 1 unspecified atom stereocenters.